The van der Waals surface area contributed by atoms with Crippen molar-refractivity contribution >= 4 is 13.6 Å². The van der Waals surface area contributed by atoms with Gasteiger partial charge < -0.3 is 40.1 Å². The molecule has 0 amide bonds. The van der Waals surface area contributed by atoms with Gasteiger partial charge in [-0.15, -0.1) is 0 Å². The fraction of sp³-hybridized carbons (Fsp3) is 0.714. The van der Waals surface area contributed by atoms with Crippen LogP contribution in [0.25, 0.3) is 0 Å². The number of hydrogen-bond donors (Lipinski definition) is 6. The quantitative estimate of drug-likeness (QED) is 0.203. The van der Waals surface area contributed by atoms with Gasteiger partial charge in [-0.2, -0.15) is 4.98 Å². The van der Waals surface area contributed by atoms with Crippen LogP contribution in [-0.4, -0.2) is 98.4 Å². The molecule has 0 radical (unpaired) electrons. The van der Waals surface area contributed by atoms with Crippen molar-refractivity contribution < 1.29 is 43.4 Å². The van der Waals surface area contributed by atoms with Gasteiger partial charge in [-0.05, 0) is 6.07 Å². The average Bonchev–Trinajstić information content (AvgIpc) is 2.80. The Labute approximate surface area is 161 Å². The van der Waals surface area contributed by atoms with E-state index in [-0.39, 0.29) is 12.4 Å². The summed E-state index contributed by atoms with van der Waals surface area (Å²) in [5.74, 6) is -0.0225. The van der Waals surface area contributed by atoms with Gasteiger partial charge in [0.2, 0.25) is 0 Å². The van der Waals surface area contributed by atoms with Gasteiger partial charge in [0.15, 0.2) is 6.23 Å². The molecule has 0 unspecified atom stereocenters. The van der Waals surface area contributed by atoms with Gasteiger partial charge in [-0.3, -0.25) is 9.09 Å². The Hall–Kier alpha value is -1.41. The van der Waals surface area contributed by atoms with E-state index in [2.05, 4.69) is 30.7 Å². The fourth-order valence-electron chi connectivity index (χ4n) is 2.19. The lowest BCUT2D eigenvalue weighted by atomic mass is 10.1. The molecule has 1 aliphatic heterocycles. The summed E-state index contributed by atoms with van der Waals surface area (Å²) in [4.78, 5) is 32.3. The van der Waals surface area contributed by atoms with Crippen LogP contribution in [0.2, 0.25) is 0 Å². The molecule has 7 N–H and O–H groups in total. The molecule has 162 valence electrons. The highest BCUT2D eigenvalue weighted by molar-refractivity contribution is 7.46. The lowest BCUT2D eigenvalue weighted by molar-refractivity contribution is -0.870. The largest absolute Gasteiger partial charge is 0.469 e. The number of likely N-dealkylation sites (N-methyl/N-ethyl adjacent to an activating group) is 1. The summed E-state index contributed by atoms with van der Waals surface area (Å²) >= 11 is 0. The number of quaternary nitrogens is 1. The van der Waals surface area contributed by atoms with Crippen LogP contribution in [0, 0.1) is 0 Å². The van der Waals surface area contributed by atoms with Gasteiger partial charge in [0.05, 0.1) is 34.4 Å². The monoisotopic (exact) mass is 427 g/mol. The predicted octanol–water partition coefficient (Wildman–Crippen LogP) is -2.76. The molecule has 1 fully saturated rings. The summed E-state index contributed by atoms with van der Waals surface area (Å²) in [7, 11) is 1.41. The molecular formula is C14H28N4O9P+. The van der Waals surface area contributed by atoms with Crippen LogP contribution in [0.15, 0.2) is 17.1 Å². The van der Waals surface area contributed by atoms with E-state index < -0.39 is 44.7 Å². The number of nitrogen functional groups attached to an aromatic ring is 1. The highest BCUT2D eigenvalue weighted by atomic mass is 31.2. The molecule has 0 aromatic carbocycles. The maximum absolute atomic E-state index is 11.6. The van der Waals surface area contributed by atoms with Crippen LogP contribution >= 0.6 is 7.82 Å². The van der Waals surface area contributed by atoms with Gasteiger partial charge in [-0.1, -0.05) is 0 Å². The minimum atomic E-state index is -4.74. The molecule has 2 heterocycles. The number of aliphatic hydroxyl groups excluding tert-OH is 3. The fourth-order valence-corrected chi connectivity index (χ4v) is 2.53. The van der Waals surface area contributed by atoms with Crippen LogP contribution in [0.4, 0.5) is 5.82 Å². The molecule has 1 saturated heterocycles. The SMILES string of the molecule is C[N+](C)(C)CCO.Nc1ccn([C@@H]2O[C@H](COP(=O)(O)O)[C@@H](O)[C@H]2O)c(=O)n1. The van der Waals surface area contributed by atoms with Crippen molar-refractivity contribution in [1.82, 2.24) is 9.55 Å². The second-order valence-electron chi connectivity index (χ2n) is 7.11. The first-order valence-electron chi connectivity index (χ1n) is 8.23. The molecule has 0 bridgehead atoms. The van der Waals surface area contributed by atoms with Gasteiger partial charge in [0.1, 0.15) is 30.7 Å². The van der Waals surface area contributed by atoms with E-state index in [1.807, 2.05) is 0 Å². The number of aromatic nitrogens is 2. The maximum atomic E-state index is 11.6. The summed E-state index contributed by atoms with van der Waals surface area (Å²) in [5.41, 5.74) is 4.52. The molecule has 0 aliphatic carbocycles. The van der Waals surface area contributed by atoms with Gasteiger partial charge in [-0.25, -0.2) is 9.36 Å². The van der Waals surface area contributed by atoms with Crippen molar-refractivity contribution in [2.45, 2.75) is 24.5 Å². The topological polar surface area (TPSA) is 198 Å². The molecular weight excluding hydrogens is 399 g/mol. The standard InChI is InChI=1S/C9H14N3O8P.C5H14NO/c10-5-1-2-12(9(15)11-5)8-7(14)6(13)4(20-8)3-19-21(16,17)18;1-6(2,3)4-5-7/h1-2,4,6-8,13-14H,3H2,(H2,10,11,15)(H2,16,17,18);7H,4-5H2,1-3H3/q;+1/t4-,6-,7-,8-;/m1./s1. The molecule has 1 aromatic rings. The minimum absolute atomic E-state index is 0.0225. The molecule has 1 aliphatic rings. The number of nitrogens with zero attached hydrogens (tertiary/aromatic N) is 3. The zero-order valence-electron chi connectivity index (χ0n) is 15.8. The van der Waals surface area contributed by atoms with Crippen LogP contribution in [0.5, 0.6) is 0 Å². The van der Waals surface area contributed by atoms with Crippen LogP contribution in [0.1, 0.15) is 6.23 Å². The molecule has 28 heavy (non-hydrogen) atoms. The van der Waals surface area contributed by atoms with E-state index in [1.165, 1.54) is 12.3 Å². The molecule has 13 nitrogen and oxygen atoms in total. The van der Waals surface area contributed by atoms with Crippen LogP contribution in [-0.2, 0) is 13.8 Å². The first kappa shape index (κ1) is 24.6. The Morgan fingerprint density at radius 3 is 2.36 bits per heavy atom. The molecule has 0 saturated carbocycles. The average molecular weight is 427 g/mol. The van der Waals surface area contributed by atoms with Crippen molar-refractivity contribution in [2.24, 2.45) is 0 Å². The van der Waals surface area contributed by atoms with E-state index in [0.717, 1.165) is 15.6 Å². The van der Waals surface area contributed by atoms with Crippen molar-refractivity contribution in [3.8, 4) is 0 Å². The number of rotatable bonds is 6. The van der Waals surface area contributed by atoms with Crippen molar-refractivity contribution in [2.75, 3.05) is 46.6 Å². The molecule has 0 spiro atoms. The molecule has 2 rings (SSSR count). The Morgan fingerprint density at radius 1 is 1.32 bits per heavy atom. The number of nitrogens with two attached hydrogens (primary N) is 1. The second kappa shape index (κ2) is 9.87. The summed E-state index contributed by atoms with van der Waals surface area (Å²) in [6.45, 7) is 0.458. The summed E-state index contributed by atoms with van der Waals surface area (Å²) < 4.78 is 21.8. The third-order valence-corrected chi connectivity index (χ3v) is 4.13. The number of ether oxygens (including phenoxy) is 1. The third-order valence-electron chi connectivity index (χ3n) is 3.64. The zero-order chi connectivity index (χ0) is 21.7. The highest BCUT2D eigenvalue weighted by Crippen LogP contribution is 2.38. The molecule has 4 atom stereocenters. The van der Waals surface area contributed by atoms with E-state index in [0.29, 0.717) is 0 Å². The number of anilines is 1. The normalized spacial score (nSPS) is 25.3. The summed E-state index contributed by atoms with van der Waals surface area (Å²) in [5, 5.41) is 28.0. The summed E-state index contributed by atoms with van der Waals surface area (Å²) in [6, 6.07) is 1.29. The second-order valence-corrected chi connectivity index (χ2v) is 8.35. The van der Waals surface area contributed by atoms with Gasteiger partial charge in [0, 0.05) is 6.20 Å². The lowest BCUT2D eigenvalue weighted by Gasteiger charge is -2.21. The van der Waals surface area contributed by atoms with E-state index in [1.54, 1.807) is 0 Å². The first-order chi connectivity index (χ1) is 12.7. The third kappa shape index (κ3) is 7.91. The highest BCUT2D eigenvalue weighted by Gasteiger charge is 2.44. The van der Waals surface area contributed by atoms with E-state index in [9.17, 15) is 19.6 Å². The number of phosphoric ester groups is 1. The first-order valence-corrected chi connectivity index (χ1v) is 9.76. The van der Waals surface area contributed by atoms with Crippen molar-refractivity contribution in [1.29, 1.82) is 0 Å². The van der Waals surface area contributed by atoms with Gasteiger partial charge >= 0.3 is 13.5 Å². The predicted molar refractivity (Wildman–Crippen MR) is 96.8 cm³/mol. The van der Waals surface area contributed by atoms with Crippen LogP contribution in [0.3, 0.4) is 0 Å². The van der Waals surface area contributed by atoms with Crippen molar-refractivity contribution in [3.63, 3.8) is 0 Å². The van der Waals surface area contributed by atoms with E-state index >= 15 is 0 Å². The smallest absolute Gasteiger partial charge is 0.391 e. The maximum Gasteiger partial charge on any atom is 0.469 e. The van der Waals surface area contributed by atoms with Crippen molar-refractivity contribution in [3.05, 3.63) is 22.7 Å². The Bertz CT molecular complexity index is 732. The number of aliphatic hydroxyl groups is 3. The molecule has 1 aromatic heterocycles. The van der Waals surface area contributed by atoms with Gasteiger partial charge in [0.25, 0.3) is 0 Å². The minimum Gasteiger partial charge on any atom is -0.391 e. The zero-order valence-corrected chi connectivity index (χ0v) is 16.7. The Kier molecular flexibility index (Phi) is 8.68. The Balaban J connectivity index is 0.000000480. The number of hydrogen-bond acceptors (Lipinski definition) is 9. The summed E-state index contributed by atoms with van der Waals surface area (Å²) in [6.07, 6.45) is -4.27. The van der Waals surface area contributed by atoms with E-state index in [4.69, 9.17) is 25.4 Å². The number of phosphoric acid groups is 1. The van der Waals surface area contributed by atoms with Crippen LogP contribution < -0.4 is 11.4 Å². The molecule has 14 heteroatoms. The Morgan fingerprint density at radius 2 is 1.93 bits per heavy atom. The lowest BCUT2D eigenvalue weighted by Crippen LogP contribution is -2.36.